The molecule has 0 bridgehead atoms. The third-order valence-electron chi connectivity index (χ3n) is 3.21. The van der Waals surface area contributed by atoms with Crippen LogP contribution in [-0.2, 0) is 14.4 Å². The van der Waals surface area contributed by atoms with Gasteiger partial charge >= 0.3 is 0 Å². The van der Waals surface area contributed by atoms with E-state index in [1.165, 1.54) is 0 Å². The second kappa shape index (κ2) is 6.34. The highest BCUT2D eigenvalue weighted by atomic mass is 16.2. The molecule has 1 aromatic heterocycles. The Hall–Kier alpha value is -2.44. The Bertz CT molecular complexity index is 538. The molecule has 0 atom stereocenters. The van der Waals surface area contributed by atoms with Crippen LogP contribution in [0.25, 0.3) is 0 Å². The summed E-state index contributed by atoms with van der Waals surface area (Å²) in [6.45, 7) is 0.132. The quantitative estimate of drug-likeness (QED) is 0.804. The molecule has 1 saturated heterocycles. The third-order valence-corrected chi connectivity index (χ3v) is 3.21. The maximum absolute atomic E-state index is 11.8. The summed E-state index contributed by atoms with van der Waals surface area (Å²) in [5.74, 6) is 0.137. The first-order chi connectivity index (χ1) is 9.97. The summed E-state index contributed by atoms with van der Waals surface area (Å²) in [7, 11) is 3.76. The second-order valence-corrected chi connectivity index (χ2v) is 5.04. The van der Waals surface area contributed by atoms with Crippen molar-refractivity contribution >= 4 is 29.2 Å². The van der Waals surface area contributed by atoms with Crippen molar-refractivity contribution in [2.24, 2.45) is 0 Å². The van der Waals surface area contributed by atoms with Gasteiger partial charge in [0.15, 0.2) is 0 Å². The third kappa shape index (κ3) is 3.77. The molecule has 1 aliphatic heterocycles. The molecule has 2 rings (SSSR count). The molecule has 0 saturated carbocycles. The maximum atomic E-state index is 11.8. The molecule has 0 aliphatic carbocycles. The highest BCUT2D eigenvalue weighted by molar-refractivity contribution is 6.02. The first-order valence-corrected chi connectivity index (χ1v) is 6.74. The van der Waals surface area contributed by atoms with Gasteiger partial charge in [-0.25, -0.2) is 4.98 Å². The number of pyridine rings is 1. The average Bonchev–Trinajstić information content (AvgIpc) is 2.76. The van der Waals surface area contributed by atoms with Gasteiger partial charge in [0.05, 0.1) is 11.9 Å². The standard InChI is InChI=1S/C14H18N4O3/c1-17(2)11-4-3-10(9-15-11)16-12(19)7-8-18-13(20)5-6-14(18)21/h3-4,9H,5-8H2,1-2H3,(H,16,19). The molecule has 1 aromatic rings. The number of hydrogen-bond acceptors (Lipinski definition) is 5. The number of nitrogens with one attached hydrogen (secondary N) is 1. The van der Waals surface area contributed by atoms with Crippen LogP contribution in [0.5, 0.6) is 0 Å². The molecule has 3 amide bonds. The maximum Gasteiger partial charge on any atom is 0.229 e. The number of carbonyl (C=O) groups excluding carboxylic acids is 3. The molecule has 0 aromatic carbocycles. The lowest BCUT2D eigenvalue weighted by Gasteiger charge is -2.14. The van der Waals surface area contributed by atoms with Crippen molar-refractivity contribution in [3.63, 3.8) is 0 Å². The van der Waals surface area contributed by atoms with Gasteiger partial charge in [0.1, 0.15) is 5.82 Å². The van der Waals surface area contributed by atoms with E-state index in [9.17, 15) is 14.4 Å². The molecule has 0 spiro atoms. The number of rotatable bonds is 5. The number of aromatic nitrogens is 1. The van der Waals surface area contributed by atoms with Crippen molar-refractivity contribution in [1.82, 2.24) is 9.88 Å². The van der Waals surface area contributed by atoms with Crippen molar-refractivity contribution in [2.75, 3.05) is 30.9 Å². The SMILES string of the molecule is CN(C)c1ccc(NC(=O)CCN2C(=O)CCC2=O)cn1. The van der Waals surface area contributed by atoms with Gasteiger partial charge in [0, 0.05) is 39.9 Å². The van der Waals surface area contributed by atoms with Crippen molar-refractivity contribution in [2.45, 2.75) is 19.3 Å². The molecule has 2 heterocycles. The van der Waals surface area contributed by atoms with Crippen molar-refractivity contribution in [1.29, 1.82) is 0 Å². The molecule has 1 N–H and O–H groups in total. The van der Waals surface area contributed by atoms with E-state index in [1.54, 1.807) is 18.3 Å². The van der Waals surface area contributed by atoms with Crippen molar-refractivity contribution in [3.8, 4) is 0 Å². The summed E-state index contributed by atoms with van der Waals surface area (Å²) in [5, 5.41) is 2.69. The minimum atomic E-state index is -0.248. The van der Waals surface area contributed by atoms with E-state index >= 15 is 0 Å². The van der Waals surface area contributed by atoms with Crippen molar-refractivity contribution < 1.29 is 14.4 Å². The lowest BCUT2D eigenvalue weighted by molar-refractivity contribution is -0.138. The number of anilines is 2. The van der Waals surface area contributed by atoms with E-state index in [-0.39, 0.29) is 43.5 Å². The van der Waals surface area contributed by atoms with Gasteiger partial charge in [-0.05, 0) is 12.1 Å². The van der Waals surface area contributed by atoms with Crippen LogP contribution in [0.4, 0.5) is 11.5 Å². The van der Waals surface area contributed by atoms with Gasteiger partial charge in [0.25, 0.3) is 0 Å². The molecule has 1 fully saturated rings. The summed E-state index contributed by atoms with van der Waals surface area (Å²) in [6.07, 6.45) is 2.15. The highest BCUT2D eigenvalue weighted by Gasteiger charge is 2.28. The molecular weight excluding hydrogens is 272 g/mol. The van der Waals surface area contributed by atoms with Gasteiger partial charge in [-0.15, -0.1) is 0 Å². The lowest BCUT2D eigenvalue weighted by Crippen LogP contribution is -2.32. The Morgan fingerprint density at radius 3 is 2.48 bits per heavy atom. The average molecular weight is 290 g/mol. The van der Waals surface area contributed by atoms with E-state index in [4.69, 9.17) is 0 Å². The fourth-order valence-electron chi connectivity index (χ4n) is 2.03. The van der Waals surface area contributed by atoms with Gasteiger partial charge < -0.3 is 10.2 Å². The van der Waals surface area contributed by atoms with Gasteiger partial charge in [-0.2, -0.15) is 0 Å². The van der Waals surface area contributed by atoms with Crippen LogP contribution >= 0.6 is 0 Å². The number of likely N-dealkylation sites (tertiary alicyclic amines) is 1. The number of nitrogens with zero attached hydrogens (tertiary/aromatic N) is 3. The molecule has 0 radical (unpaired) electrons. The van der Waals surface area contributed by atoms with Crippen LogP contribution < -0.4 is 10.2 Å². The number of imide groups is 1. The summed E-state index contributed by atoms with van der Waals surface area (Å²) < 4.78 is 0. The molecule has 112 valence electrons. The minimum absolute atomic E-state index is 0.0902. The van der Waals surface area contributed by atoms with Gasteiger partial charge in [-0.3, -0.25) is 19.3 Å². The molecular formula is C14H18N4O3. The Kier molecular flexibility index (Phi) is 4.52. The minimum Gasteiger partial charge on any atom is -0.363 e. The van der Waals surface area contributed by atoms with E-state index < -0.39 is 0 Å². The zero-order valence-corrected chi connectivity index (χ0v) is 12.1. The summed E-state index contributed by atoms with van der Waals surface area (Å²) >= 11 is 0. The molecule has 7 nitrogen and oxygen atoms in total. The fourth-order valence-corrected chi connectivity index (χ4v) is 2.03. The Labute approximate surface area is 122 Å². The van der Waals surface area contributed by atoms with Gasteiger partial charge in [-0.1, -0.05) is 0 Å². The van der Waals surface area contributed by atoms with E-state index in [0.717, 1.165) is 10.7 Å². The normalized spacial score (nSPS) is 14.5. The summed E-state index contributed by atoms with van der Waals surface area (Å²) in [5.41, 5.74) is 0.588. The smallest absolute Gasteiger partial charge is 0.229 e. The largest absolute Gasteiger partial charge is 0.363 e. The second-order valence-electron chi connectivity index (χ2n) is 5.04. The number of hydrogen-bond donors (Lipinski definition) is 1. The van der Waals surface area contributed by atoms with Gasteiger partial charge in [0.2, 0.25) is 17.7 Å². The predicted molar refractivity (Wildman–Crippen MR) is 77.8 cm³/mol. The van der Waals surface area contributed by atoms with Crippen molar-refractivity contribution in [3.05, 3.63) is 18.3 Å². The van der Waals surface area contributed by atoms with Crippen LogP contribution in [0.3, 0.4) is 0 Å². The first-order valence-electron chi connectivity index (χ1n) is 6.74. The highest BCUT2D eigenvalue weighted by Crippen LogP contribution is 2.14. The van der Waals surface area contributed by atoms with Crippen LogP contribution in [-0.4, -0.2) is 48.2 Å². The predicted octanol–water partition coefficient (Wildman–Crippen LogP) is 0.625. The van der Waals surface area contributed by atoms with E-state index in [0.29, 0.717) is 5.69 Å². The van der Waals surface area contributed by atoms with Crippen LogP contribution in [0, 0.1) is 0 Å². The molecule has 21 heavy (non-hydrogen) atoms. The number of amides is 3. The van der Waals surface area contributed by atoms with Crippen LogP contribution in [0.15, 0.2) is 18.3 Å². The zero-order chi connectivity index (χ0) is 15.4. The summed E-state index contributed by atoms with van der Waals surface area (Å²) in [6, 6.07) is 3.55. The first kappa shape index (κ1) is 15.0. The number of carbonyl (C=O) groups is 3. The topological polar surface area (TPSA) is 82.6 Å². The molecule has 7 heteroatoms. The Balaban J connectivity index is 1.84. The van der Waals surface area contributed by atoms with E-state index in [2.05, 4.69) is 10.3 Å². The molecule has 1 aliphatic rings. The zero-order valence-electron chi connectivity index (χ0n) is 12.1. The molecule has 0 unspecified atom stereocenters. The van der Waals surface area contributed by atoms with Crippen LogP contribution in [0.2, 0.25) is 0 Å². The fraction of sp³-hybridized carbons (Fsp3) is 0.429. The monoisotopic (exact) mass is 290 g/mol. The van der Waals surface area contributed by atoms with E-state index in [1.807, 2.05) is 19.0 Å². The Morgan fingerprint density at radius 1 is 1.29 bits per heavy atom. The lowest BCUT2D eigenvalue weighted by atomic mass is 10.3. The Morgan fingerprint density at radius 2 is 1.95 bits per heavy atom. The summed E-state index contributed by atoms with van der Waals surface area (Å²) in [4.78, 5) is 41.8. The van der Waals surface area contributed by atoms with Crippen LogP contribution in [0.1, 0.15) is 19.3 Å².